The predicted octanol–water partition coefficient (Wildman–Crippen LogP) is 4.81. The summed E-state index contributed by atoms with van der Waals surface area (Å²) in [6, 6.07) is 2.11. The van der Waals surface area contributed by atoms with E-state index in [-0.39, 0.29) is 29.2 Å². The molecule has 2 rings (SSSR count). The molecular formula is C25H37FN6O3. The molecule has 0 aliphatic carbocycles. The SMILES string of the molecule is Cc1cc(Nc2nc(N[C@H](CC(C)C)[C@H](C)NC(=O)OC(C)(C)C)c(F)cc2C(N)=O)cnc1C. The minimum Gasteiger partial charge on any atom is -0.444 e. The highest BCUT2D eigenvalue weighted by molar-refractivity contribution is 5.98. The molecule has 0 fully saturated rings. The minimum atomic E-state index is -0.819. The average Bonchev–Trinajstić information content (AvgIpc) is 2.70. The molecule has 2 atom stereocenters. The predicted molar refractivity (Wildman–Crippen MR) is 135 cm³/mol. The third-order valence-electron chi connectivity index (χ3n) is 5.24. The van der Waals surface area contributed by atoms with E-state index in [9.17, 15) is 9.59 Å². The number of nitrogens with one attached hydrogen (secondary N) is 3. The molecule has 0 radical (unpaired) electrons. The smallest absolute Gasteiger partial charge is 0.407 e. The molecular weight excluding hydrogens is 451 g/mol. The van der Waals surface area contributed by atoms with Crippen molar-refractivity contribution in [2.45, 2.75) is 79.5 Å². The van der Waals surface area contributed by atoms with Crippen molar-refractivity contribution in [3.05, 3.63) is 41.0 Å². The molecule has 35 heavy (non-hydrogen) atoms. The van der Waals surface area contributed by atoms with Gasteiger partial charge in [-0.2, -0.15) is 0 Å². The first kappa shape index (κ1) is 27.8. The lowest BCUT2D eigenvalue weighted by Gasteiger charge is -2.29. The van der Waals surface area contributed by atoms with E-state index in [1.807, 2.05) is 33.8 Å². The normalized spacial score (nSPS) is 13.2. The monoisotopic (exact) mass is 488 g/mol. The summed E-state index contributed by atoms with van der Waals surface area (Å²) in [6.45, 7) is 15.0. The van der Waals surface area contributed by atoms with E-state index in [4.69, 9.17) is 10.5 Å². The largest absolute Gasteiger partial charge is 0.444 e. The van der Waals surface area contributed by atoms with Crippen LogP contribution >= 0.6 is 0 Å². The topological polar surface area (TPSA) is 131 Å². The van der Waals surface area contributed by atoms with Gasteiger partial charge >= 0.3 is 6.09 Å². The summed E-state index contributed by atoms with van der Waals surface area (Å²) >= 11 is 0. The molecule has 0 spiro atoms. The van der Waals surface area contributed by atoms with Crippen molar-refractivity contribution in [1.29, 1.82) is 0 Å². The van der Waals surface area contributed by atoms with Crippen LogP contribution in [0.3, 0.4) is 0 Å². The molecule has 0 saturated heterocycles. The van der Waals surface area contributed by atoms with Crippen molar-refractivity contribution in [2.24, 2.45) is 11.7 Å². The van der Waals surface area contributed by atoms with Crippen LogP contribution in [0.1, 0.15) is 69.6 Å². The van der Waals surface area contributed by atoms with Gasteiger partial charge in [0.15, 0.2) is 11.6 Å². The molecule has 0 aliphatic rings. The number of aryl methyl sites for hydroxylation is 2. The highest BCUT2D eigenvalue weighted by Crippen LogP contribution is 2.26. The van der Waals surface area contributed by atoms with Crippen LogP contribution < -0.4 is 21.7 Å². The fourth-order valence-electron chi connectivity index (χ4n) is 3.39. The number of amides is 2. The summed E-state index contributed by atoms with van der Waals surface area (Å²) in [7, 11) is 0. The molecule has 5 N–H and O–H groups in total. The molecule has 9 nitrogen and oxygen atoms in total. The third-order valence-corrected chi connectivity index (χ3v) is 5.24. The standard InChI is InChI=1S/C25H37FN6O3/c1-13(2)9-20(16(5)29-24(34)35-25(6,7)8)31-23-19(26)11-18(21(27)33)22(32-23)30-17-10-14(3)15(4)28-12-17/h10-13,16,20H,9H2,1-8H3,(H2,27,33)(H,29,34)(H2,30,31,32)/t16-,20+/m0/s1. The summed E-state index contributed by atoms with van der Waals surface area (Å²) in [6.07, 6.45) is 1.64. The first-order valence-electron chi connectivity index (χ1n) is 11.6. The number of halogens is 1. The molecule has 192 valence electrons. The van der Waals surface area contributed by atoms with Gasteiger partial charge in [-0.05, 0) is 71.6 Å². The van der Waals surface area contributed by atoms with Gasteiger partial charge in [-0.25, -0.2) is 14.2 Å². The average molecular weight is 489 g/mol. The molecule has 2 heterocycles. The maximum atomic E-state index is 15.0. The highest BCUT2D eigenvalue weighted by atomic mass is 19.1. The van der Waals surface area contributed by atoms with Crippen molar-refractivity contribution in [3.63, 3.8) is 0 Å². The van der Waals surface area contributed by atoms with E-state index >= 15 is 4.39 Å². The van der Waals surface area contributed by atoms with E-state index in [2.05, 4.69) is 25.9 Å². The van der Waals surface area contributed by atoms with E-state index in [1.165, 1.54) is 0 Å². The lowest BCUT2D eigenvalue weighted by molar-refractivity contribution is 0.0501. The molecule has 0 aromatic carbocycles. The number of carbonyl (C=O) groups is 2. The maximum absolute atomic E-state index is 15.0. The second-order valence-electron chi connectivity index (χ2n) is 10.1. The summed E-state index contributed by atoms with van der Waals surface area (Å²) in [5, 5.41) is 8.92. The second kappa shape index (κ2) is 11.3. The lowest BCUT2D eigenvalue weighted by Crippen LogP contribution is -2.47. The zero-order chi connectivity index (χ0) is 26.5. The number of rotatable bonds is 9. The van der Waals surface area contributed by atoms with Crippen LogP contribution in [0.4, 0.5) is 26.5 Å². The molecule has 2 aromatic rings. The Kier molecular flexibility index (Phi) is 9.00. The zero-order valence-corrected chi connectivity index (χ0v) is 21.7. The Morgan fingerprint density at radius 2 is 1.80 bits per heavy atom. The van der Waals surface area contributed by atoms with Gasteiger partial charge in [-0.15, -0.1) is 0 Å². The summed E-state index contributed by atoms with van der Waals surface area (Å²) in [4.78, 5) is 32.9. The summed E-state index contributed by atoms with van der Waals surface area (Å²) in [5.74, 6) is -1.29. The number of ether oxygens (including phenoxy) is 1. The first-order chi connectivity index (χ1) is 16.2. The van der Waals surface area contributed by atoms with Gasteiger partial charge in [-0.1, -0.05) is 13.8 Å². The fourth-order valence-corrected chi connectivity index (χ4v) is 3.39. The second-order valence-corrected chi connectivity index (χ2v) is 10.1. The van der Waals surface area contributed by atoms with Crippen LogP contribution in [0, 0.1) is 25.6 Å². The highest BCUT2D eigenvalue weighted by Gasteiger charge is 2.26. The van der Waals surface area contributed by atoms with Gasteiger partial charge in [0.2, 0.25) is 0 Å². The molecule has 0 unspecified atom stereocenters. The number of carbonyl (C=O) groups excluding carboxylic acids is 2. The summed E-state index contributed by atoms with van der Waals surface area (Å²) in [5.41, 5.74) is 7.13. The number of primary amides is 1. The molecule has 0 aliphatic heterocycles. The Hall–Kier alpha value is -3.43. The van der Waals surface area contributed by atoms with Crippen LogP contribution in [-0.4, -0.2) is 39.7 Å². The van der Waals surface area contributed by atoms with Crippen molar-refractivity contribution in [1.82, 2.24) is 15.3 Å². The Bertz CT molecular complexity index is 1070. The number of alkyl carbamates (subject to hydrolysis) is 1. The number of pyridine rings is 2. The van der Waals surface area contributed by atoms with Gasteiger partial charge < -0.3 is 26.4 Å². The minimum absolute atomic E-state index is 0.0715. The van der Waals surface area contributed by atoms with Crippen molar-refractivity contribution < 1.29 is 18.7 Å². The van der Waals surface area contributed by atoms with Gasteiger partial charge in [0, 0.05) is 17.8 Å². The first-order valence-corrected chi connectivity index (χ1v) is 11.6. The zero-order valence-electron chi connectivity index (χ0n) is 21.7. The van der Waals surface area contributed by atoms with Gasteiger partial charge in [0.25, 0.3) is 5.91 Å². The van der Waals surface area contributed by atoms with Crippen molar-refractivity contribution in [3.8, 4) is 0 Å². The van der Waals surface area contributed by atoms with Crippen LogP contribution in [0.15, 0.2) is 18.3 Å². The number of anilines is 3. The summed E-state index contributed by atoms with van der Waals surface area (Å²) < 4.78 is 20.4. The van der Waals surface area contributed by atoms with E-state index < -0.39 is 29.5 Å². The van der Waals surface area contributed by atoms with E-state index in [1.54, 1.807) is 33.9 Å². The molecule has 10 heteroatoms. The van der Waals surface area contributed by atoms with Gasteiger partial charge in [0.05, 0.1) is 17.4 Å². The Labute approximate surface area is 206 Å². The van der Waals surface area contributed by atoms with Crippen LogP contribution in [0.25, 0.3) is 0 Å². The van der Waals surface area contributed by atoms with Crippen LogP contribution in [0.5, 0.6) is 0 Å². The van der Waals surface area contributed by atoms with Crippen LogP contribution in [0.2, 0.25) is 0 Å². The van der Waals surface area contributed by atoms with Gasteiger partial charge in [0.1, 0.15) is 11.4 Å². The molecule has 2 aromatic heterocycles. The third kappa shape index (κ3) is 8.38. The number of nitrogens with zero attached hydrogens (tertiary/aromatic N) is 2. The fraction of sp³-hybridized carbons (Fsp3) is 0.520. The Balaban J connectivity index is 2.36. The molecule has 0 bridgehead atoms. The van der Waals surface area contributed by atoms with E-state index in [0.717, 1.165) is 17.3 Å². The quantitative estimate of drug-likeness (QED) is 0.398. The Morgan fingerprint density at radius 1 is 1.14 bits per heavy atom. The molecule has 2 amide bonds. The van der Waals surface area contributed by atoms with Crippen molar-refractivity contribution >= 4 is 29.3 Å². The van der Waals surface area contributed by atoms with Crippen LogP contribution in [-0.2, 0) is 4.74 Å². The van der Waals surface area contributed by atoms with Gasteiger partial charge in [-0.3, -0.25) is 9.78 Å². The maximum Gasteiger partial charge on any atom is 0.407 e. The Morgan fingerprint density at radius 3 is 2.34 bits per heavy atom. The number of aromatic nitrogens is 2. The number of hydrogen-bond acceptors (Lipinski definition) is 7. The van der Waals surface area contributed by atoms with E-state index in [0.29, 0.717) is 12.1 Å². The van der Waals surface area contributed by atoms with Crippen molar-refractivity contribution in [2.75, 3.05) is 10.6 Å². The number of hydrogen-bond donors (Lipinski definition) is 4. The lowest BCUT2D eigenvalue weighted by atomic mass is 9.98. The molecule has 0 saturated carbocycles. The number of nitrogens with two attached hydrogens (primary N) is 1.